The molecule has 0 atom stereocenters. The highest BCUT2D eigenvalue weighted by Gasteiger charge is 2.09. The number of anilines is 1. The molecule has 0 bridgehead atoms. The first-order valence-electron chi connectivity index (χ1n) is 6.51. The highest BCUT2D eigenvalue weighted by molar-refractivity contribution is 7.15. The van der Waals surface area contributed by atoms with Gasteiger partial charge in [0.1, 0.15) is 0 Å². The van der Waals surface area contributed by atoms with Gasteiger partial charge in [0, 0.05) is 16.6 Å². The SMILES string of the molecule is CCc1cnc(NC(=O)c2ccc3ccccc3c2)s1. The first-order chi connectivity index (χ1) is 9.76. The fourth-order valence-electron chi connectivity index (χ4n) is 2.03. The smallest absolute Gasteiger partial charge is 0.257 e. The van der Waals surface area contributed by atoms with Gasteiger partial charge in [-0.25, -0.2) is 4.98 Å². The van der Waals surface area contributed by atoms with Crippen LogP contribution >= 0.6 is 11.3 Å². The van der Waals surface area contributed by atoms with E-state index in [0.717, 1.165) is 17.2 Å². The summed E-state index contributed by atoms with van der Waals surface area (Å²) in [6.45, 7) is 2.07. The number of amides is 1. The van der Waals surface area contributed by atoms with Crippen molar-refractivity contribution in [1.29, 1.82) is 0 Å². The third kappa shape index (κ3) is 2.56. The minimum absolute atomic E-state index is 0.118. The summed E-state index contributed by atoms with van der Waals surface area (Å²) in [5.74, 6) is -0.118. The van der Waals surface area contributed by atoms with E-state index in [-0.39, 0.29) is 5.91 Å². The third-order valence-corrected chi connectivity index (χ3v) is 4.19. The van der Waals surface area contributed by atoms with E-state index in [0.29, 0.717) is 10.7 Å². The molecule has 0 aliphatic rings. The van der Waals surface area contributed by atoms with Crippen molar-refractivity contribution in [3.05, 3.63) is 59.1 Å². The van der Waals surface area contributed by atoms with Crippen molar-refractivity contribution in [2.75, 3.05) is 5.32 Å². The van der Waals surface area contributed by atoms with Gasteiger partial charge in [0.05, 0.1) is 0 Å². The van der Waals surface area contributed by atoms with Crippen molar-refractivity contribution in [2.24, 2.45) is 0 Å². The Morgan fingerprint density at radius 3 is 2.75 bits per heavy atom. The number of hydrogen-bond donors (Lipinski definition) is 1. The van der Waals surface area contributed by atoms with Crippen molar-refractivity contribution < 1.29 is 4.79 Å². The van der Waals surface area contributed by atoms with E-state index >= 15 is 0 Å². The zero-order chi connectivity index (χ0) is 13.9. The summed E-state index contributed by atoms with van der Waals surface area (Å²) < 4.78 is 0. The summed E-state index contributed by atoms with van der Waals surface area (Å²) in [4.78, 5) is 17.6. The topological polar surface area (TPSA) is 42.0 Å². The molecule has 0 saturated carbocycles. The minimum atomic E-state index is -0.118. The number of nitrogens with one attached hydrogen (secondary N) is 1. The Bertz CT molecular complexity index is 764. The number of carbonyl (C=O) groups excluding carboxylic acids is 1. The van der Waals surface area contributed by atoms with Gasteiger partial charge in [0.25, 0.3) is 5.91 Å². The van der Waals surface area contributed by atoms with Crippen LogP contribution in [0, 0.1) is 0 Å². The Morgan fingerprint density at radius 2 is 2.00 bits per heavy atom. The number of rotatable bonds is 3. The molecular formula is C16H14N2OS. The van der Waals surface area contributed by atoms with Gasteiger partial charge < -0.3 is 0 Å². The van der Waals surface area contributed by atoms with Crippen LogP contribution < -0.4 is 5.32 Å². The van der Waals surface area contributed by atoms with E-state index in [4.69, 9.17) is 0 Å². The molecule has 20 heavy (non-hydrogen) atoms. The van der Waals surface area contributed by atoms with Crippen LogP contribution in [0.15, 0.2) is 48.7 Å². The van der Waals surface area contributed by atoms with Crippen LogP contribution in [0.25, 0.3) is 10.8 Å². The fraction of sp³-hybridized carbons (Fsp3) is 0.125. The molecule has 2 aromatic carbocycles. The summed E-state index contributed by atoms with van der Waals surface area (Å²) in [6.07, 6.45) is 2.74. The highest BCUT2D eigenvalue weighted by Crippen LogP contribution is 2.20. The molecule has 0 spiro atoms. The van der Waals surface area contributed by atoms with Crippen LogP contribution in [0.5, 0.6) is 0 Å². The van der Waals surface area contributed by atoms with E-state index < -0.39 is 0 Å². The summed E-state index contributed by atoms with van der Waals surface area (Å²) in [5, 5.41) is 5.69. The van der Waals surface area contributed by atoms with Gasteiger partial charge in [-0.3, -0.25) is 10.1 Å². The Balaban J connectivity index is 1.84. The zero-order valence-corrected chi connectivity index (χ0v) is 11.9. The zero-order valence-electron chi connectivity index (χ0n) is 11.1. The molecule has 3 rings (SSSR count). The number of nitrogens with zero attached hydrogens (tertiary/aromatic N) is 1. The molecule has 0 radical (unpaired) electrons. The molecule has 1 heterocycles. The van der Waals surface area contributed by atoms with Crippen LogP contribution in [0.4, 0.5) is 5.13 Å². The minimum Gasteiger partial charge on any atom is -0.298 e. The van der Waals surface area contributed by atoms with Gasteiger partial charge in [-0.1, -0.05) is 37.3 Å². The molecule has 3 nitrogen and oxygen atoms in total. The average molecular weight is 282 g/mol. The van der Waals surface area contributed by atoms with E-state index in [9.17, 15) is 4.79 Å². The number of benzene rings is 2. The molecule has 1 aromatic heterocycles. The summed E-state index contributed by atoms with van der Waals surface area (Å²) >= 11 is 1.52. The Kier molecular flexibility index (Phi) is 3.48. The van der Waals surface area contributed by atoms with E-state index in [1.54, 1.807) is 6.20 Å². The van der Waals surface area contributed by atoms with Gasteiger partial charge >= 0.3 is 0 Å². The standard InChI is InChI=1S/C16H14N2OS/c1-2-14-10-17-16(20-14)18-15(19)13-8-7-11-5-3-4-6-12(11)9-13/h3-10H,2H2,1H3,(H,17,18,19). The molecule has 1 amide bonds. The second kappa shape index (κ2) is 5.43. The van der Waals surface area contributed by atoms with E-state index in [1.165, 1.54) is 16.2 Å². The lowest BCUT2D eigenvalue weighted by molar-refractivity contribution is 0.102. The second-order valence-corrected chi connectivity index (χ2v) is 5.62. The molecule has 1 N–H and O–H groups in total. The van der Waals surface area contributed by atoms with Gasteiger partial charge in [0.2, 0.25) is 0 Å². The maximum atomic E-state index is 12.2. The largest absolute Gasteiger partial charge is 0.298 e. The molecule has 0 saturated heterocycles. The number of aryl methyl sites for hydroxylation is 1. The first-order valence-corrected chi connectivity index (χ1v) is 7.33. The Morgan fingerprint density at radius 1 is 1.20 bits per heavy atom. The third-order valence-electron chi connectivity index (χ3n) is 3.13. The van der Waals surface area contributed by atoms with E-state index in [2.05, 4.69) is 17.2 Å². The first kappa shape index (κ1) is 12.8. The quantitative estimate of drug-likeness (QED) is 0.785. The predicted molar refractivity (Wildman–Crippen MR) is 83.4 cm³/mol. The summed E-state index contributed by atoms with van der Waals surface area (Å²) in [7, 11) is 0. The van der Waals surface area contributed by atoms with Crippen LogP contribution in [0.2, 0.25) is 0 Å². The molecule has 0 aliphatic heterocycles. The molecular weight excluding hydrogens is 268 g/mol. The Labute approximate surface area is 121 Å². The summed E-state index contributed by atoms with van der Waals surface area (Å²) in [6, 6.07) is 13.7. The number of fused-ring (bicyclic) bond motifs is 1. The van der Waals surface area contributed by atoms with Crippen LogP contribution in [0.1, 0.15) is 22.2 Å². The van der Waals surface area contributed by atoms with Crippen LogP contribution in [-0.2, 0) is 6.42 Å². The molecule has 0 fully saturated rings. The summed E-state index contributed by atoms with van der Waals surface area (Å²) in [5.41, 5.74) is 0.650. The van der Waals surface area contributed by atoms with Crippen molar-refractivity contribution in [1.82, 2.24) is 4.98 Å². The van der Waals surface area contributed by atoms with Crippen LogP contribution in [0.3, 0.4) is 0 Å². The number of aromatic nitrogens is 1. The lowest BCUT2D eigenvalue weighted by atomic mass is 10.1. The number of carbonyl (C=O) groups is 1. The van der Waals surface area contributed by atoms with Gasteiger partial charge in [-0.2, -0.15) is 0 Å². The van der Waals surface area contributed by atoms with E-state index in [1.807, 2.05) is 42.5 Å². The molecule has 100 valence electrons. The molecule has 0 aliphatic carbocycles. The lowest BCUT2D eigenvalue weighted by Crippen LogP contribution is -2.11. The lowest BCUT2D eigenvalue weighted by Gasteiger charge is -2.03. The fourth-order valence-corrected chi connectivity index (χ4v) is 2.78. The number of hydrogen-bond acceptors (Lipinski definition) is 3. The van der Waals surface area contributed by atoms with Crippen molar-refractivity contribution in [3.63, 3.8) is 0 Å². The van der Waals surface area contributed by atoms with Crippen molar-refractivity contribution in [2.45, 2.75) is 13.3 Å². The van der Waals surface area contributed by atoms with Gasteiger partial charge in [-0.05, 0) is 29.3 Å². The van der Waals surface area contributed by atoms with Crippen LogP contribution in [-0.4, -0.2) is 10.9 Å². The molecule has 0 unspecified atom stereocenters. The monoisotopic (exact) mass is 282 g/mol. The normalized spacial score (nSPS) is 10.7. The average Bonchev–Trinajstić information content (AvgIpc) is 2.94. The van der Waals surface area contributed by atoms with Gasteiger partial charge in [-0.15, -0.1) is 11.3 Å². The Hall–Kier alpha value is -2.20. The second-order valence-electron chi connectivity index (χ2n) is 4.50. The molecule has 3 aromatic rings. The number of thiazole rings is 1. The highest BCUT2D eigenvalue weighted by atomic mass is 32.1. The molecule has 4 heteroatoms. The maximum Gasteiger partial charge on any atom is 0.257 e. The van der Waals surface area contributed by atoms with Gasteiger partial charge in [0.15, 0.2) is 5.13 Å². The predicted octanol–water partition coefficient (Wildman–Crippen LogP) is 4.11. The van der Waals surface area contributed by atoms with Crippen molar-refractivity contribution in [3.8, 4) is 0 Å². The maximum absolute atomic E-state index is 12.2. The van der Waals surface area contributed by atoms with Crippen molar-refractivity contribution >= 4 is 33.1 Å².